The summed E-state index contributed by atoms with van der Waals surface area (Å²) < 4.78 is 31.6. The number of sulfonamides is 1. The number of hydrogen-bond acceptors (Lipinski definition) is 6. The number of amides is 1. The van der Waals surface area contributed by atoms with E-state index in [4.69, 9.17) is 4.74 Å². The number of hydrogen-bond donors (Lipinski definition) is 3. The second-order valence-electron chi connectivity index (χ2n) is 7.14. The van der Waals surface area contributed by atoms with E-state index in [1.54, 1.807) is 30.0 Å². The number of rotatable bonds is 6. The minimum absolute atomic E-state index is 0.0372. The molecule has 3 N–H and O–H groups in total. The van der Waals surface area contributed by atoms with E-state index < -0.39 is 10.0 Å². The monoisotopic (exact) mass is 399 g/mol. The van der Waals surface area contributed by atoms with Crippen molar-refractivity contribution in [2.24, 2.45) is 5.92 Å². The zero-order valence-corrected chi connectivity index (χ0v) is 17.0. The maximum absolute atomic E-state index is 12.9. The van der Waals surface area contributed by atoms with Crippen LogP contribution in [0.1, 0.15) is 19.4 Å². The normalized spacial score (nSPS) is 22.1. The summed E-state index contributed by atoms with van der Waals surface area (Å²) in [6.07, 6.45) is 0.964. The van der Waals surface area contributed by atoms with Gasteiger partial charge in [0.05, 0.1) is 25.3 Å². The van der Waals surface area contributed by atoms with Crippen molar-refractivity contribution in [2.75, 3.05) is 37.7 Å². The van der Waals surface area contributed by atoms with E-state index in [-0.39, 0.29) is 37.0 Å². The molecule has 3 atom stereocenters. The Labute approximate surface area is 160 Å². The van der Waals surface area contributed by atoms with Gasteiger partial charge in [0, 0.05) is 30.3 Å². The van der Waals surface area contributed by atoms with Crippen LogP contribution < -0.4 is 14.8 Å². The van der Waals surface area contributed by atoms with E-state index in [2.05, 4.69) is 10.0 Å². The zero-order valence-electron chi connectivity index (χ0n) is 16.2. The Balaban J connectivity index is 2.45. The topological polar surface area (TPSA) is 108 Å². The number of carbonyl (C=O) groups is 1. The standard InChI is InChI=1S/C18H29N3O5S/c1-12-10-21(13(2)11-22)18(23)8-14-7-15(20-27(4,24)25)5-6-16(14)26-17(12)9-19-3/h5-7,12-13,17,19-20,22H,8-11H2,1-4H3/t12-,13+,17-/m0/s1. The van der Waals surface area contributed by atoms with Gasteiger partial charge in [0.15, 0.2) is 0 Å². The predicted octanol–water partition coefficient (Wildman–Crippen LogP) is 0.427. The minimum atomic E-state index is -3.43. The summed E-state index contributed by atoms with van der Waals surface area (Å²) in [6.45, 7) is 4.75. The molecule has 0 saturated carbocycles. The van der Waals surface area contributed by atoms with Crippen LogP contribution in [0.3, 0.4) is 0 Å². The Morgan fingerprint density at radius 3 is 2.70 bits per heavy atom. The summed E-state index contributed by atoms with van der Waals surface area (Å²) in [5, 5.41) is 12.7. The van der Waals surface area contributed by atoms with Gasteiger partial charge in [0.2, 0.25) is 15.9 Å². The van der Waals surface area contributed by atoms with Crippen molar-refractivity contribution in [1.29, 1.82) is 0 Å². The molecule has 1 aromatic carbocycles. The number of ether oxygens (including phenoxy) is 1. The van der Waals surface area contributed by atoms with Crippen molar-refractivity contribution < 1.29 is 23.1 Å². The molecule has 0 fully saturated rings. The van der Waals surface area contributed by atoms with Crippen molar-refractivity contribution in [3.63, 3.8) is 0 Å². The largest absolute Gasteiger partial charge is 0.488 e. The van der Waals surface area contributed by atoms with Crippen LogP contribution in [0.15, 0.2) is 18.2 Å². The number of nitrogens with one attached hydrogen (secondary N) is 2. The molecule has 0 radical (unpaired) electrons. The fourth-order valence-electron chi connectivity index (χ4n) is 3.15. The lowest BCUT2D eigenvalue weighted by Gasteiger charge is -2.32. The molecule has 0 bridgehead atoms. The van der Waals surface area contributed by atoms with Crippen molar-refractivity contribution in [3.05, 3.63) is 23.8 Å². The first-order chi connectivity index (χ1) is 12.6. The number of carbonyl (C=O) groups excluding carboxylic acids is 1. The third kappa shape index (κ3) is 5.82. The van der Waals surface area contributed by atoms with Crippen LogP contribution in [0, 0.1) is 5.92 Å². The molecular weight excluding hydrogens is 370 g/mol. The second-order valence-corrected chi connectivity index (χ2v) is 8.89. The molecular formula is C18H29N3O5S. The molecule has 1 amide bonds. The Bertz CT molecular complexity index is 768. The van der Waals surface area contributed by atoms with Crippen LogP contribution in [0.25, 0.3) is 0 Å². The molecule has 1 aliphatic heterocycles. The molecule has 1 aromatic rings. The molecule has 0 aromatic heterocycles. The second kappa shape index (κ2) is 8.90. The molecule has 152 valence electrons. The van der Waals surface area contributed by atoms with Crippen LogP contribution >= 0.6 is 0 Å². The summed E-state index contributed by atoms with van der Waals surface area (Å²) in [4.78, 5) is 14.6. The molecule has 8 nitrogen and oxygen atoms in total. The highest BCUT2D eigenvalue weighted by atomic mass is 32.2. The van der Waals surface area contributed by atoms with E-state index in [1.165, 1.54) is 0 Å². The van der Waals surface area contributed by atoms with E-state index >= 15 is 0 Å². The summed E-state index contributed by atoms with van der Waals surface area (Å²) >= 11 is 0. The average Bonchev–Trinajstić information content (AvgIpc) is 2.62. The SMILES string of the molecule is CNC[C@@H]1Oc2ccc(NS(C)(=O)=O)cc2CC(=O)N([C@H](C)CO)C[C@@H]1C. The fourth-order valence-corrected chi connectivity index (χ4v) is 3.71. The third-order valence-corrected chi connectivity index (χ3v) is 5.23. The number of benzene rings is 1. The van der Waals surface area contributed by atoms with Gasteiger partial charge in [-0.15, -0.1) is 0 Å². The summed E-state index contributed by atoms with van der Waals surface area (Å²) in [5.41, 5.74) is 0.992. The van der Waals surface area contributed by atoms with Crippen molar-refractivity contribution in [1.82, 2.24) is 10.2 Å². The summed E-state index contributed by atoms with van der Waals surface area (Å²) in [5.74, 6) is 0.470. The lowest BCUT2D eigenvalue weighted by Crippen LogP contribution is -2.47. The first-order valence-electron chi connectivity index (χ1n) is 8.97. The Kier molecular flexibility index (Phi) is 7.07. The van der Waals surface area contributed by atoms with Crippen molar-refractivity contribution >= 4 is 21.6 Å². The smallest absolute Gasteiger partial charge is 0.229 e. The Morgan fingerprint density at radius 2 is 2.11 bits per heavy atom. The number of anilines is 1. The molecule has 0 unspecified atom stereocenters. The van der Waals surface area contributed by atoms with E-state index in [0.29, 0.717) is 30.1 Å². The zero-order chi connectivity index (χ0) is 20.2. The molecule has 9 heteroatoms. The summed E-state index contributed by atoms with van der Waals surface area (Å²) in [7, 11) is -1.59. The lowest BCUT2D eigenvalue weighted by molar-refractivity contribution is -0.134. The van der Waals surface area contributed by atoms with Gasteiger partial charge in [-0.3, -0.25) is 9.52 Å². The summed E-state index contributed by atoms with van der Waals surface area (Å²) in [6, 6.07) is 4.63. The van der Waals surface area contributed by atoms with Gasteiger partial charge in [-0.1, -0.05) is 6.92 Å². The number of aliphatic hydroxyl groups excluding tert-OH is 1. The first kappa shape index (κ1) is 21.5. The third-order valence-electron chi connectivity index (χ3n) is 4.63. The molecule has 1 heterocycles. The van der Waals surface area contributed by atoms with Crippen LogP contribution in [0.5, 0.6) is 5.75 Å². The molecule has 0 aliphatic carbocycles. The van der Waals surface area contributed by atoms with Crippen molar-refractivity contribution in [3.8, 4) is 5.75 Å². The Morgan fingerprint density at radius 1 is 1.41 bits per heavy atom. The highest BCUT2D eigenvalue weighted by molar-refractivity contribution is 7.92. The maximum Gasteiger partial charge on any atom is 0.229 e. The van der Waals surface area contributed by atoms with Crippen LogP contribution in [0.2, 0.25) is 0 Å². The van der Waals surface area contributed by atoms with Gasteiger partial charge in [0.25, 0.3) is 0 Å². The van der Waals surface area contributed by atoms with Gasteiger partial charge in [0.1, 0.15) is 11.9 Å². The Hall–Kier alpha value is -1.84. The van der Waals surface area contributed by atoms with E-state index in [9.17, 15) is 18.3 Å². The van der Waals surface area contributed by atoms with Crippen LogP contribution in [0.4, 0.5) is 5.69 Å². The van der Waals surface area contributed by atoms with Gasteiger partial charge in [-0.2, -0.15) is 0 Å². The highest BCUT2D eigenvalue weighted by Crippen LogP contribution is 2.29. The number of likely N-dealkylation sites (N-methyl/N-ethyl adjacent to an activating group) is 1. The van der Waals surface area contributed by atoms with Gasteiger partial charge < -0.3 is 20.1 Å². The van der Waals surface area contributed by atoms with Crippen molar-refractivity contribution in [2.45, 2.75) is 32.4 Å². The number of nitrogens with zero attached hydrogens (tertiary/aromatic N) is 1. The highest BCUT2D eigenvalue weighted by Gasteiger charge is 2.30. The van der Waals surface area contributed by atoms with E-state index in [1.807, 2.05) is 14.0 Å². The van der Waals surface area contributed by atoms with Gasteiger partial charge >= 0.3 is 0 Å². The molecule has 0 saturated heterocycles. The van der Waals surface area contributed by atoms with Gasteiger partial charge in [-0.05, 0) is 32.2 Å². The first-order valence-corrected chi connectivity index (χ1v) is 10.9. The molecule has 0 spiro atoms. The maximum atomic E-state index is 12.9. The average molecular weight is 400 g/mol. The lowest BCUT2D eigenvalue weighted by atomic mass is 10.0. The molecule has 27 heavy (non-hydrogen) atoms. The van der Waals surface area contributed by atoms with E-state index in [0.717, 1.165) is 6.26 Å². The molecule has 1 aliphatic rings. The van der Waals surface area contributed by atoms with Crippen LogP contribution in [-0.4, -0.2) is 69.5 Å². The molecule has 2 rings (SSSR count). The van der Waals surface area contributed by atoms with Crippen LogP contribution in [-0.2, 0) is 21.2 Å². The predicted molar refractivity (Wildman–Crippen MR) is 104 cm³/mol. The fraction of sp³-hybridized carbons (Fsp3) is 0.611. The number of aliphatic hydroxyl groups is 1. The minimum Gasteiger partial charge on any atom is -0.488 e. The number of fused-ring (bicyclic) bond motifs is 1. The quantitative estimate of drug-likeness (QED) is 0.640. The van der Waals surface area contributed by atoms with Gasteiger partial charge in [-0.25, -0.2) is 8.42 Å².